The van der Waals surface area contributed by atoms with E-state index < -0.39 is 35.9 Å². The second kappa shape index (κ2) is 15.1. The van der Waals surface area contributed by atoms with Crippen LogP contribution in [-0.2, 0) is 19.2 Å². The molecule has 10 nitrogen and oxygen atoms in total. The van der Waals surface area contributed by atoms with Crippen molar-refractivity contribution in [3.8, 4) is 0 Å². The number of rotatable bonds is 15. The van der Waals surface area contributed by atoms with E-state index in [0.29, 0.717) is 38.0 Å². The number of hydrogen-bond donors (Lipinski definition) is 6. The smallest absolute Gasteiger partial charge is 0.326 e. The monoisotopic (exact) mass is 473 g/mol. The van der Waals surface area contributed by atoms with E-state index in [1.165, 1.54) is 0 Å². The lowest BCUT2D eigenvalue weighted by Crippen LogP contribution is -2.57. The second-order valence-corrected chi connectivity index (χ2v) is 9.39. The molecule has 0 aromatic heterocycles. The Labute approximate surface area is 194 Å². The normalized spacial score (nSPS) is 18.6. The molecule has 3 amide bonds. The van der Waals surface area contributed by atoms with Gasteiger partial charge >= 0.3 is 5.97 Å². The molecule has 1 rings (SSSR count). The third kappa shape index (κ3) is 9.74. The van der Waals surface area contributed by atoms with Crippen molar-refractivity contribution in [2.45, 2.75) is 76.5 Å². The van der Waals surface area contributed by atoms with Crippen LogP contribution in [0.3, 0.4) is 0 Å². The van der Waals surface area contributed by atoms with Crippen molar-refractivity contribution in [1.29, 1.82) is 0 Å². The average molecular weight is 474 g/mol. The lowest BCUT2D eigenvalue weighted by atomic mass is 10.0. The molecule has 0 saturated carbocycles. The summed E-state index contributed by atoms with van der Waals surface area (Å²) in [6, 6.07) is -3.06. The van der Waals surface area contributed by atoms with Gasteiger partial charge in [0.05, 0.1) is 6.04 Å². The summed E-state index contributed by atoms with van der Waals surface area (Å²) in [6.07, 6.45) is 5.56. The van der Waals surface area contributed by atoms with Crippen LogP contribution in [0.15, 0.2) is 0 Å². The Morgan fingerprint density at radius 2 is 1.72 bits per heavy atom. The maximum atomic E-state index is 13.0. The number of amides is 3. The fourth-order valence-electron chi connectivity index (χ4n) is 3.49. The van der Waals surface area contributed by atoms with Gasteiger partial charge in [0, 0.05) is 0 Å². The molecule has 11 heteroatoms. The summed E-state index contributed by atoms with van der Waals surface area (Å²) in [5.41, 5.74) is 5.55. The second-order valence-electron chi connectivity index (χ2n) is 8.41. The summed E-state index contributed by atoms with van der Waals surface area (Å²) in [5, 5.41) is 20.6. The Balaban J connectivity index is 2.88. The minimum Gasteiger partial charge on any atom is -0.480 e. The first kappa shape index (κ1) is 28.2. The molecule has 1 fully saturated rings. The standard InChI is InChI=1S/C21H39N5O5S/c1-13(2)17(21(30)31)26-20(29)15(7-4-5-10-22)24-19(28)16(9-12-32-3)25-18(27)14-8-6-11-23-14/h13-17,23H,4-12,22H2,1-3H3,(H,24,28)(H,25,27)(H,26,29)(H,30,31). The minimum atomic E-state index is -1.13. The maximum absolute atomic E-state index is 13.0. The van der Waals surface area contributed by atoms with Crippen LogP contribution in [0.4, 0.5) is 0 Å². The lowest BCUT2D eigenvalue weighted by Gasteiger charge is -2.26. The fraction of sp³-hybridized carbons (Fsp3) is 0.810. The SMILES string of the molecule is CSCCC(NC(=O)C1CCCN1)C(=O)NC(CCCCN)C(=O)NC(C(=O)O)C(C)C. The number of aliphatic carboxylic acids is 1. The van der Waals surface area contributed by atoms with Gasteiger partial charge in [-0.1, -0.05) is 13.8 Å². The van der Waals surface area contributed by atoms with Crippen LogP contribution in [0.2, 0.25) is 0 Å². The highest BCUT2D eigenvalue weighted by Crippen LogP contribution is 2.09. The number of unbranched alkanes of at least 4 members (excludes halogenated alkanes) is 1. The Morgan fingerprint density at radius 1 is 1.06 bits per heavy atom. The topological polar surface area (TPSA) is 163 Å². The summed E-state index contributed by atoms with van der Waals surface area (Å²) in [4.78, 5) is 49.9. The molecular formula is C21H39N5O5S. The van der Waals surface area contributed by atoms with Gasteiger partial charge in [0.25, 0.3) is 0 Å². The van der Waals surface area contributed by atoms with E-state index in [2.05, 4.69) is 21.3 Å². The Bertz CT molecular complexity index is 628. The predicted octanol–water partition coefficient (Wildman–Crippen LogP) is -0.184. The van der Waals surface area contributed by atoms with E-state index in [1.807, 2.05) is 6.26 Å². The lowest BCUT2D eigenvalue weighted by molar-refractivity contribution is -0.143. The highest BCUT2D eigenvalue weighted by atomic mass is 32.2. The number of carbonyl (C=O) groups is 4. The largest absolute Gasteiger partial charge is 0.480 e. The molecule has 184 valence electrons. The molecule has 1 saturated heterocycles. The van der Waals surface area contributed by atoms with Crippen molar-refractivity contribution in [2.75, 3.05) is 25.1 Å². The number of hydrogen-bond acceptors (Lipinski definition) is 7. The zero-order valence-electron chi connectivity index (χ0n) is 19.3. The van der Waals surface area contributed by atoms with E-state index in [4.69, 9.17) is 5.73 Å². The van der Waals surface area contributed by atoms with Crippen molar-refractivity contribution in [1.82, 2.24) is 21.3 Å². The van der Waals surface area contributed by atoms with E-state index in [9.17, 15) is 24.3 Å². The highest BCUT2D eigenvalue weighted by molar-refractivity contribution is 7.98. The molecule has 0 radical (unpaired) electrons. The van der Waals surface area contributed by atoms with Gasteiger partial charge in [-0.2, -0.15) is 11.8 Å². The summed E-state index contributed by atoms with van der Waals surface area (Å²) < 4.78 is 0. The molecule has 0 bridgehead atoms. The van der Waals surface area contributed by atoms with Crippen molar-refractivity contribution < 1.29 is 24.3 Å². The highest BCUT2D eigenvalue weighted by Gasteiger charge is 2.31. The number of carboxylic acid groups (broad SMARTS) is 1. The van der Waals surface area contributed by atoms with Crippen LogP contribution in [0.5, 0.6) is 0 Å². The minimum absolute atomic E-state index is 0.223. The first-order valence-electron chi connectivity index (χ1n) is 11.3. The van der Waals surface area contributed by atoms with Crippen LogP contribution in [0, 0.1) is 5.92 Å². The van der Waals surface area contributed by atoms with E-state index in [0.717, 1.165) is 19.4 Å². The molecule has 32 heavy (non-hydrogen) atoms. The van der Waals surface area contributed by atoms with E-state index >= 15 is 0 Å². The van der Waals surface area contributed by atoms with Crippen molar-refractivity contribution in [2.24, 2.45) is 11.7 Å². The van der Waals surface area contributed by atoms with Crippen molar-refractivity contribution in [3.05, 3.63) is 0 Å². The van der Waals surface area contributed by atoms with Crippen LogP contribution < -0.4 is 27.0 Å². The zero-order valence-corrected chi connectivity index (χ0v) is 20.1. The fourth-order valence-corrected chi connectivity index (χ4v) is 3.96. The van der Waals surface area contributed by atoms with Gasteiger partial charge in [0.2, 0.25) is 17.7 Å². The molecule has 1 aliphatic heterocycles. The average Bonchev–Trinajstić information content (AvgIpc) is 3.28. The van der Waals surface area contributed by atoms with Gasteiger partial charge in [-0.05, 0) is 69.5 Å². The van der Waals surface area contributed by atoms with E-state index in [1.54, 1.807) is 25.6 Å². The molecule has 0 spiro atoms. The number of nitrogens with two attached hydrogens (primary N) is 1. The van der Waals surface area contributed by atoms with Gasteiger partial charge in [-0.15, -0.1) is 0 Å². The maximum Gasteiger partial charge on any atom is 0.326 e. The summed E-state index contributed by atoms with van der Waals surface area (Å²) in [6.45, 7) is 4.62. The molecule has 1 aliphatic rings. The van der Waals surface area contributed by atoms with Gasteiger partial charge in [-0.3, -0.25) is 14.4 Å². The molecule has 4 unspecified atom stereocenters. The molecule has 0 aliphatic carbocycles. The first-order valence-corrected chi connectivity index (χ1v) is 12.7. The molecule has 1 heterocycles. The van der Waals surface area contributed by atoms with Gasteiger partial charge in [0.1, 0.15) is 18.1 Å². The summed E-state index contributed by atoms with van der Waals surface area (Å²) >= 11 is 1.56. The number of thioether (sulfide) groups is 1. The third-order valence-electron chi connectivity index (χ3n) is 5.43. The predicted molar refractivity (Wildman–Crippen MR) is 125 cm³/mol. The van der Waals surface area contributed by atoms with Gasteiger partial charge < -0.3 is 32.1 Å². The molecule has 7 N–H and O–H groups in total. The van der Waals surface area contributed by atoms with Gasteiger partial charge in [-0.25, -0.2) is 4.79 Å². The van der Waals surface area contributed by atoms with Crippen LogP contribution in [0.1, 0.15) is 52.4 Å². The molecule has 0 aromatic carbocycles. The zero-order chi connectivity index (χ0) is 24.1. The number of nitrogens with one attached hydrogen (secondary N) is 4. The first-order chi connectivity index (χ1) is 15.2. The summed E-state index contributed by atoms with van der Waals surface area (Å²) in [5.74, 6) is -2.01. The Morgan fingerprint density at radius 3 is 2.25 bits per heavy atom. The molecule has 4 atom stereocenters. The van der Waals surface area contributed by atoms with Crippen LogP contribution in [-0.4, -0.2) is 78.1 Å². The Hall–Kier alpha value is -1.85. The van der Waals surface area contributed by atoms with Gasteiger partial charge in [0.15, 0.2) is 0 Å². The quantitative estimate of drug-likeness (QED) is 0.178. The third-order valence-corrected chi connectivity index (χ3v) is 6.07. The van der Waals surface area contributed by atoms with Crippen molar-refractivity contribution >= 4 is 35.5 Å². The van der Waals surface area contributed by atoms with E-state index in [-0.39, 0.29) is 17.9 Å². The van der Waals surface area contributed by atoms with Crippen LogP contribution in [0.25, 0.3) is 0 Å². The van der Waals surface area contributed by atoms with Crippen LogP contribution >= 0.6 is 11.8 Å². The van der Waals surface area contributed by atoms with Crippen molar-refractivity contribution in [3.63, 3.8) is 0 Å². The molecule has 0 aromatic rings. The molecular weight excluding hydrogens is 434 g/mol. The Kier molecular flexibility index (Phi) is 13.3. The number of carboxylic acids is 1. The number of carbonyl (C=O) groups excluding carboxylic acids is 3. The summed E-state index contributed by atoms with van der Waals surface area (Å²) in [7, 11) is 0.